The van der Waals surface area contributed by atoms with Crippen LogP contribution < -0.4 is 5.32 Å². The standard InChI is InChI=1S/C16H16FNO2/c17-15-6-5-14(12-3-1-2-4-13(12)15)16(19)18-11-7-9-20-10-8-11/h1-6,11H,7-10H2,(H,18,19). The van der Waals surface area contributed by atoms with E-state index >= 15 is 0 Å². The van der Waals surface area contributed by atoms with Crippen LogP contribution in [0, 0.1) is 5.82 Å². The summed E-state index contributed by atoms with van der Waals surface area (Å²) in [5, 5.41) is 4.13. The molecule has 1 aliphatic rings. The lowest BCUT2D eigenvalue weighted by molar-refractivity contribution is 0.0697. The molecular formula is C16H16FNO2. The molecule has 0 aromatic heterocycles. The number of hydrogen-bond donors (Lipinski definition) is 1. The molecule has 3 rings (SSSR count). The van der Waals surface area contributed by atoms with Crippen molar-refractivity contribution in [1.29, 1.82) is 0 Å². The molecule has 0 aliphatic carbocycles. The first kappa shape index (κ1) is 13.1. The Morgan fingerprint density at radius 2 is 1.80 bits per heavy atom. The Kier molecular flexibility index (Phi) is 3.65. The number of carbonyl (C=O) groups is 1. The Morgan fingerprint density at radius 3 is 2.55 bits per heavy atom. The van der Waals surface area contributed by atoms with Gasteiger partial charge in [0.25, 0.3) is 5.91 Å². The molecule has 1 fully saturated rings. The van der Waals surface area contributed by atoms with E-state index in [1.807, 2.05) is 6.07 Å². The fraction of sp³-hybridized carbons (Fsp3) is 0.312. The summed E-state index contributed by atoms with van der Waals surface area (Å²) in [5.74, 6) is -0.448. The summed E-state index contributed by atoms with van der Waals surface area (Å²) in [6, 6.07) is 10.1. The van der Waals surface area contributed by atoms with Gasteiger partial charge in [0.2, 0.25) is 0 Å². The second-order valence-corrected chi connectivity index (χ2v) is 5.00. The lowest BCUT2D eigenvalue weighted by Crippen LogP contribution is -2.38. The predicted molar refractivity (Wildman–Crippen MR) is 75.2 cm³/mol. The SMILES string of the molecule is O=C(NC1CCOCC1)c1ccc(F)c2ccccc12. The molecule has 104 valence electrons. The average molecular weight is 273 g/mol. The molecule has 0 saturated carbocycles. The average Bonchev–Trinajstić information content (AvgIpc) is 2.49. The van der Waals surface area contributed by atoms with Gasteiger partial charge in [-0.3, -0.25) is 4.79 Å². The maximum Gasteiger partial charge on any atom is 0.252 e. The Balaban J connectivity index is 1.89. The van der Waals surface area contributed by atoms with Crippen molar-refractivity contribution in [2.45, 2.75) is 18.9 Å². The summed E-state index contributed by atoms with van der Waals surface area (Å²) < 4.78 is 19.0. The number of fused-ring (bicyclic) bond motifs is 1. The quantitative estimate of drug-likeness (QED) is 0.913. The Morgan fingerprint density at radius 1 is 1.10 bits per heavy atom. The van der Waals surface area contributed by atoms with Crippen molar-refractivity contribution >= 4 is 16.7 Å². The monoisotopic (exact) mass is 273 g/mol. The van der Waals surface area contributed by atoms with Crippen molar-refractivity contribution in [3.63, 3.8) is 0 Å². The van der Waals surface area contributed by atoms with Gasteiger partial charge in [0.1, 0.15) is 5.82 Å². The van der Waals surface area contributed by atoms with Gasteiger partial charge in [0.15, 0.2) is 0 Å². The topological polar surface area (TPSA) is 38.3 Å². The zero-order valence-corrected chi connectivity index (χ0v) is 11.1. The summed E-state index contributed by atoms with van der Waals surface area (Å²) in [6.45, 7) is 1.35. The van der Waals surface area contributed by atoms with Crippen LogP contribution in [0.4, 0.5) is 4.39 Å². The predicted octanol–water partition coefficient (Wildman–Crippen LogP) is 2.89. The highest BCUT2D eigenvalue weighted by Gasteiger charge is 2.18. The molecule has 2 aromatic rings. The molecule has 1 aliphatic heterocycles. The number of amides is 1. The molecule has 0 atom stereocenters. The van der Waals surface area contributed by atoms with E-state index in [4.69, 9.17) is 4.74 Å². The van der Waals surface area contributed by atoms with Gasteiger partial charge < -0.3 is 10.1 Å². The number of carbonyl (C=O) groups excluding carboxylic acids is 1. The molecule has 4 heteroatoms. The molecule has 0 spiro atoms. The summed E-state index contributed by atoms with van der Waals surface area (Å²) in [5.41, 5.74) is 0.522. The highest BCUT2D eigenvalue weighted by molar-refractivity contribution is 6.07. The first-order valence-electron chi connectivity index (χ1n) is 6.81. The fourth-order valence-corrected chi connectivity index (χ4v) is 2.57. The van der Waals surface area contributed by atoms with Crippen LogP contribution in [0.3, 0.4) is 0 Å². The van der Waals surface area contributed by atoms with Gasteiger partial charge in [-0.15, -0.1) is 0 Å². The van der Waals surface area contributed by atoms with Crippen molar-refractivity contribution in [3.05, 3.63) is 47.8 Å². The maximum absolute atomic E-state index is 13.7. The van der Waals surface area contributed by atoms with E-state index in [0.717, 1.165) is 12.8 Å². The molecule has 0 bridgehead atoms. The van der Waals surface area contributed by atoms with Crippen LogP contribution in [0.5, 0.6) is 0 Å². The molecule has 3 nitrogen and oxygen atoms in total. The normalized spacial score (nSPS) is 16.2. The Labute approximate surface area is 116 Å². The lowest BCUT2D eigenvalue weighted by atomic mass is 10.0. The van der Waals surface area contributed by atoms with Gasteiger partial charge in [-0.1, -0.05) is 24.3 Å². The van der Waals surface area contributed by atoms with Gasteiger partial charge >= 0.3 is 0 Å². The second-order valence-electron chi connectivity index (χ2n) is 5.00. The Bertz CT molecular complexity index is 635. The number of nitrogens with one attached hydrogen (secondary N) is 1. The van der Waals surface area contributed by atoms with E-state index in [1.165, 1.54) is 6.07 Å². The van der Waals surface area contributed by atoms with Gasteiger partial charge in [0.05, 0.1) is 0 Å². The summed E-state index contributed by atoms with van der Waals surface area (Å²) >= 11 is 0. The maximum atomic E-state index is 13.7. The molecule has 1 heterocycles. The third-order valence-electron chi connectivity index (χ3n) is 3.67. The van der Waals surface area contributed by atoms with Crippen molar-refractivity contribution in [1.82, 2.24) is 5.32 Å². The second kappa shape index (κ2) is 5.59. The first-order valence-corrected chi connectivity index (χ1v) is 6.81. The van der Waals surface area contributed by atoms with Crippen molar-refractivity contribution in [3.8, 4) is 0 Å². The van der Waals surface area contributed by atoms with Crippen LogP contribution >= 0.6 is 0 Å². The van der Waals surface area contributed by atoms with E-state index in [1.54, 1.807) is 24.3 Å². The molecule has 0 unspecified atom stereocenters. The van der Waals surface area contributed by atoms with Crippen molar-refractivity contribution < 1.29 is 13.9 Å². The summed E-state index contributed by atoms with van der Waals surface area (Å²) in [7, 11) is 0. The van der Waals surface area contributed by atoms with Gasteiger partial charge in [-0.05, 0) is 30.4 Å². The summed E-state index contributed by atoms with van der Waals surface area (Å²) in [4.78, 5) is 12.4. The molecule has 20 heavy (non-hydrogen) atoms. The van der Waals surface area contributed by atoms with E-state index < -0.39 is 0 Å². The zero-order valence-electron chi connectivity index (χ0n) is 11.1. The van der Waals surface area contributed by atoms with Crippen LogP contribution in [-0.2, 0) is 4.74 Å². The number of halogens is 1. The van der Waals surface area contributed by atoms with Crippen LogP contribution in [0.25, 0.3) is 10.8 Å². The minimum atomic E-state index is -0.303. The molecule has 1 N–H and O–H groups in total. The number of benzene rings is 2. The smallest absolute Gasteiger partial charge is 0.252 e. The van der Waals surface area contributed by atoms with E-state index in [-0.39, 0.29) is 17.8 Å². The minimum Gasteiger partial charge on any atom is -0.381 e. The number of rotatable bonds is 2. The van der Waals surface area contributed by atoms with E-state index in [0.29, 0.717) is 29.5 Å². The molecule has 1 saturated heterocycles. The van der Waals surface area contributed by atoms with Crippen LogP contribution in [0.2, 0.25) is 0 Å². The first-order chi connectivity index (χ1) is 9.75. The zero-order chi connectivity index (χ0) is 13.9. The lowest BCUT2D eigenvalue weighted by Gasteiger charge is -2.23. The third kappa shape index (κ3) is 2.51. The largest absolute Gasteiger partial charge is 0.381 e. The fourth-order valence-electron chi connectivity index (χ4n) is 2.57. The highest BCUT2D eigenvalue weighted by Crippen LogP contribution is 2.22. The summed E-state index contributed by atoms with van der Waals surface area (Å²) in [6.07, 6.45) is 1.65. The van der Waals surface area contributed by atoms with Crippen LogP contribution in [0.1, 0.15) is 23.2 Å². The number of ether oxygens (including phenoxy) is 1. The van der Waals surface area contributed by atoms with Crippen LogP contribution in [-0.4, -0.2) is 25.2 Å². The van der Waals surface area contributed by atoms with Gasteiger partial charge in [-0.25, -0.2) is 4.39 Å². The van der Waals surface area contributed by atoms with Gasteiger partial charge in [-0.2, -0.15) is 0 Å². The third-order valence-corrected chi connectivity index (χ3v) is 3.67. The molecular weight excluding hydrogens is 257 g/mol. The van der Waals surface area contributed by atoms with E-state index in [9.17, 15) is 9.18 Å². The highest BCUT2D eigenvalue weighted by atomic mass is 19.1. The van der Waals surface area contributed by atoms with Gasteiger partial charge in [0, 0.05) is 30.2 Å². The molecule has 1 amide bonds. The molecule has 2 aromatic carbocycles. The van der Waals surface area contributed by atoms with E-state index in [2.05, 4.69) is 5.32 Å². The number of hydrogen-bond acceptors (Lipinski definition) is 2. The minimum absolute atomic E-state index is 0.139. The van der Waals surface area contributed by atoms with Crippen molar-refractivity contribution in [2.75, 3.05) is 13.2 Å². The Hall–Kier alpha value is -1.94. The van der Waals surface area contributed by atoms with Crippen molar-refractivity contribution in [2.24, 2.45) is 0 Å². The molecule has 0 radical (unpaired) electrons. The van der Waals surface area contributed by atoms with Crippen LogP contribution in [0.15, 0.2) is 36.4 Å².